The van der Waals surface area contributed by atoms with Gasteiger partial charge in [-0.15, -0.1) is 0 Å². The van der Waals surface area contributed by atoms with Gasteiger partial charge in [0, 0.05) is 24.3 Å². The first-order valence-electron chi connectivity index (χ1n) is 6.29. The molecule has 0 spiro atoms. The number of anilines is 1. The van der Waals surface area contributed by atoms with Crippen molar-refractivity contribution in [2.75, 3.05) is 11.9 Å². The molecule has 2 rings (SSSR count). The van der Waals surface area contributed by atoms with Gasteiger partial charge in [0.15, 0.2) is 0 Å². The van der Waals surface area contributed by atoms with Gasteiger partial charge in [0.25, 0.3) is 0 Å². The zero-order chi connectivity index (χ0) is 15.0. The van der Waals surface area contributed by atoms with Crippen molar-refractivity contribution < 1.29 is 13.2 Å². The summed E-state index contributed by atoms with van der Waals surface area (Å²) in [6.07, 6.45) is -1.98. The van der Waals surface area contributed by atoms with Gasteiger partial charge < -0.3 is 10.6 Å². The molecule has 8 heteroatoms. The normalized spacial score (nSPS) is 22.6. The quantitative estimate of drug-likeness (QED) is 0.824. The van der Waals surface area contributed by atoms with Gasteiger partial charge >= 0.3 is 6.18 Å². The van der Waals surface area contributed by atoms with Crippen LogP contribution in [0.5, 0.6) is 0 Å². The molecule has 0 aliphatic carbocycles. The maximum atomic E-state index is 12.5. The number of aromatic nitrogens is 2. The van der Waals surface area contributed by atoms with Crippen LogP contribution in [0.25, 0.3) is 0 Å². The third-order valence-corrected chi connectivity index (χ3v) is 3.61. The van der Waals surface area contributed by atoms with E-state index in [0.29, 0.717) is 12.7 Å². The molecular formula is C12H16ClF3N4. The van der Waals surface area contributed by atoms with Gasteiger partial charge in [-0.2, -0.15) is 13.2 Å². The fourth-order valence-electron chi connectivity index (χ4n) is 2.05. The summed E-state index contributed by atoms with van der Waals surface area (Å²) in [5, 5.41) is 5.77. The Balaban J connectivity index is 2.03. The van der Waals surface area contributed by atoms with E-state index in [1.165, 1.54) is 0 Å². The minimum Gasteiger partial charge on any atom is -0.350 e. The molecule has 4 nitrogen and oxygen atoms in total. The van der Waals surface area contributed by atoms with E-state index >= 15 is 0 Å². The number of rotatable bonds is 2. The van der Waals surface area contributed by atoms with Gasteiger partial charge in [0.2, 0.25) is 5.95 Å². The summed E-state index contributed by atoms with van der Waals surface area (Å²) < 4.78 is 37.6. The second-order valence-corrected chi connectivity index (χ2v) is 5.90. The van der Waals surface area contributed by atoms with E-state index in [4.69, 9.17) is 11.6 Å². The number of hydrogen-bond acceptors (Lipinski definition) is 4. The second-order valence-electron chi connectivity index (χ2n) is 5.54. The molecule has 0 aromatic carbocycles. The third-order valence-electron chi connectivity index (χ3n) is 3.33. The average molecular weight is 309 g/mol. The molecule has 1 aliphatic heterocycles. The van der Waals surface area contributed by atoms with Crippen LogP contribution in [0, 0.1) is 0 Å². The van der Waals surface area contributed by atoms with Crippen LogP contribution in [0.15, 0.2) is 6.20 Å². The summed E-state index contributed by atoms with van der Waals surface area (Å²) in [6, 6.07) is 0.0795. The van der Waals surface area contributed by atoms with E-state index in [2.05, 4.69) is 34.4 Å². The Morgan fingerprint density at radius 3 is 2.65 bits per heavy atom. The van der Waals surface area contributed by atoms with Crippen molar-refractivity contribution in [1.29, 1.82) is 0 Å². The van der Waals surface area contributed by atoms with Gasteiger partial charge in [0.05, 0.1) is 0 Å². The molecule has 2 heterocycles. The highest BCUT2D eigenvalue weighted by molar-refractivity contribution is 6.30. The number of alkyl halides is 3. The summed E-state index contributed by atoms with van der Waals surface area (Å²) in [6.45, 7) is 4.92. The fraction of sp³-hybridized carbons (Fsp3) is 0.667. The third kappa shape index (κ3) is 3.73. The van der Waals surface area contributed by atoms with Crippen LogP contribution in [0.1, 0.15) is 32.3 Å². The predicted octanol–water partition coefficient (Wildman–Crippen LogP) is 3.09. The minimum absolute atomic E-state index is 0.0795. The van der Waals surface area contributed by atoms with Crippen molar-refractivity contribution in [3.05, 3.63) is 16.9 Å². The van der Waals surface area contributed by atoms with Crippen molar-refractivity contribution in [3.63, 3.8) is 0 Å². The first kappa shape index (κ1) is 15.3. The van der Waals surface area contributed by atoms with Crippen LogP contribution in [0.3, 0.4) is 0 Å². The van der Waals surface area contributed by atoms with Gasteiger partial charge in [-0.25, -0.2) is 9.97 Å². The molecule has 1 fully saturated rings. The zero-order valence-corrected chi connectivity index (χ0v) is 11.9. The highest BCUT2D eigenvalue weighted by Crippen LogP contribution is 2.33. The van der Waals surface area contributed by atoms with Crippen molar-refractivity contribution in [2.45, 2.75) is 44.4 Å². The Hall–Kier alpha value is -1.08. The number of nitrogens with zero attached hydrogens (tertiary/aromatic N) is 2. The molecule has 112 valence electrons. The molecule has 1 aliphatic rings. The summed E-state index contributed by atoms with van der Waals surface area (Å²) in [4.78, 5) is 7.35. The van der Waals surface area contributed by atoms with Gasteiger partial charge in [-0.1, -0.05) is 11.6 Å². The molecule has 0 saturated carbocycles. The van der Waals surface area contributed by atoms with E-state index < -0.39 is 16.9 Å². The standard InChI is InChI=1S/C12H16ClF3N4/c1-11(2)4-3-7(5-18-11)19-10-17-6-8(9(13)20-10)12(14,15)16/h6-7,18H,3-5H2,1-2H3,(H,17,19,20). The van der Waals surface area contributed by atoms with Crippen molar-refractivity contribution >= 4 is 17.5 Å². The molecule has 1 aromatic heterocycles. The Morgan fingerprint density at radius 1 is 1.45 bits per heavy atom. The highest BCUT2D eigenvalue weighted by Gasteiger charge is 2.35. The first-order valence-corrected chi connectivity index (χ1v) is 6.66. The lowest BCUT2D eigenvalue weighted by molar-refractivity contribution is -0.137. The molecule has 2 N–H and O–H groups in total. The highest BCUT2D eigenvalue weighted by atomic mass is 35.5. The lowest BCUT2D eigenvalue weighted by Crippen LogP contribution is -2.50. The van der Waals surface area contributed by atoms with Gasteiger partial charge in [0.1, 0.15) is 10.7 Å². The van der Waals surface area contributed by atoms with Crippen LogP contribution < -0.4 is 10.6 Å². The molecule has 1 aromatic rings. The summed E-state index contributed by atoms with van der Waals surface area (Å²) in [5.74, 6) is 0.120. The van der Waals surface area contributed by atoms with Crippen LogP contribution in [-0.2, 0) is 6.18 Å². The fourth-order valence-corrected chi connectivity index (χ4v) is 2.29. The summed E-state index contributed by atoms with van der Waals surface area (Å²) in [5.41, 5.74) is -0.941. The van der Waals surface area contributed by atoms with Crippen LogP contribution in [-0.4, -0.2) is 28.1 Å². The number of halogens is 4. The topological polar surface area (TPSA) is 49.8 Å². The molecule has 0 radical (unpaired) electrons. The van der Waals surface area contributed by atoms with Crippen LogP contribution >= 0.6 is 11.6 Å². The summed E-state index contributed by atoms with van der Waals surface area (Å²) >= 11 is 5.55. The van der Waals surface area contributed by atoms with Crippen LogP contribution in [0.4, 0.5) is 19.1 Å². The molecule has 1 atom stereocenters. The molecule has 20 heavy (non-hydrogen) atoms. The Kier molecular flexibility index (Phi) is 4.11. The Bertz CT molecular complexity index is 480. The maximum Gasteiger partial charge on any atom is 0.420 e. The molecule has 0 bridgehead atoms. The molecular weight excluding hydrogens is 293 g/mol. The van der Waals surface area contributed by atoms with E-state index in [1.807, 2.05) is 0 Å². The van der Waals surface area contributed by atoms with E-state index in [-0.39, 0.29) is 17.5 Å². The molecule has 1 unspecified atom stereocenters. The van der Waals surface area contributed by atoms with E-state index in [1.54, 1.807) is 0 Å². The lowest BCUT2D eigenvalue weighted by atomic mass is 9.91. The maximum absolute atomic E-state index is 12.5. The predicted molar refractivity (Wildman–Crippen MR) is 70.8 cm³/mol. The second kappa shape index (κ2) is 5.37. The Morgan fingerprint density at radius 2 is 2.15 bits per heavy atom. The Labute approximate surface area is 120 Å². The first-order chi connectivity index (χ1) is 9.17. The van der Waals surface area contributed by atoms with E-state index in [9.17, 15) is 13.2 Å². The van der Waals surface area contributed by atoms with Crippen molar-refractivity contribution in [3.8, 4) is 0 Å². The smallest absolute Gasteiger partial charge is 0.350 e. The number of hydrogen-bond donors (Lipinski definition) is 2. The largest absolute Gasteiger partial charge is 0.420 e. The molecule has 1 saturated heterocycles. The number of nitrogens with one attached hydrogen (secondary N) is 2. The summed E-state index contributed by atoms with van der Waals surface area (Å²) in [7, 11) is 0. The average Bonchev–Trinajstić information content (AvgIpc) is 2.30. The SMILES string of the molecule is CC1(C)CCC(Nc2ncc(C(F)(F)F)c(Cl)n2)CN1. The lowest BCUT2D eigenvalue weighted by Gasteiger charge is -2.36. The van der Waals surface area contributed by atoms with Gasteiger partial charge in [-0.05, 0) is 26.7 Å². The van der Waals surface area contributed by atoms with E-state index in [0.717, 1.165) is 12.8 Å². The van der Waals surface area contributed by atoms with Crippen LogP contribution in [0.2, 0.25) is 5.15 Å². The zero-order valence-electron chi connectivity index (χ0n) is 11.2. The van der Waals surface area contributed by atoms with Crippen molar-refractivity contribution in [1.82, 2.24) is 15.3 Å². The van der Waals surface area contributed by atoms with Crippen molar-refractivity contribution in [2.24, 2.45) is 0 Å². The monoisotopic (exact) mass is 308 g/mol. The minimum atomic E-state index is -4.54. The molecule has 0 amide bonds. The van der Waals surface area contributed by atoms with Gasteiger partial charge in [-0.3, -0.25) is 0 Å². The number of piperidine rings is 1.